The molecule has 0 bridgehead atoms. The Kier molecular flexibility index (Phi) is 6.81. The quantitative estimate of drug-likeness (QED) is 0.539. The van der Waals surface area contributed by atoms with E-state index in [2.05, 4.69) is 40.2 Å². The Balaban J connectivity index is 1.75. The van der Waals surface area contributed by atoms with Crippen LogP contribution in [0.1, 0.15) is 44.0 Å². The van der Waals surface area contributed by atoms with Gasteiger partial charge in [-0.3, -0.25) is 4.79 Å². The standard InChI is InChI=1S/C21H29N5O3S/c1-6-15(17-10-13(11-29-17)12(2)3)22-19-20(25-30-24-19)23-16-9-7-8-14(18(16)27)21(28)26(4)5/h7-9,11-12,15,17,27H,6,10H2,1-5H3,(H,22,24)(H,23,25)/t15-,17?/m1/s1. The lowest BCUT2D eigenvalue weighted by Gasteiger charge is -2.24. The molecule has 3 rings (SSSR count). The molecule has 0 saturated heterocycles. The van der Waals surface area contributed by atoms with Crippen molar-refractivity contribution in [1.29, 1.82) is 0 Å². The number of anilines is 3. The number of aromatic nitrogens is 2. The highest BCUT2D eigenvalue weighted by Crippen LogP contribution is 2.34. The number of ether oxygens (including phenoxy) is 1. The third kappa shape index (κ3) is 4.67. The van der Waals surface area contributed by atoms with Crippen molar-refractivity contribution in [1.82, 2.24) is 13.6 Å². The maximum Gasteiger partial charge on any atom is 0.257 e. The van der Waals surface area contributed by atoms with Gasteiger partial charge in [-0.05, 0) is 30.0 Å². The summed E-state index contributed by atoms with van der Waals surface area (Å²) in [6, 6.07) is 5.07. The number of benzene rings is 1. The van der Waals surface area contributed by atoms with Gasteiger partial charge < -0.3 is 25.4 Å². The van der Waals surface area contributed by atoms with Gasteiger partial charge in [-0.15, -0.1) is 0 Å². The third-order valence-electron chi connectivity index (χ3n) is 5.20. The lowest BCUT2D eigenvalue weighted by atomic mass is 9.96. The Morgan fingerprint density at radius 3 is 2.70 bits per heavy atom. The van der Waals surface area contributed by atoms with Crippen molar-refractivity contribution in [3.63, 3.8) is 0 Å². The molecule has 3 N–H and O–H groups in total. The van der Waals surface area contributed by atoms with Crippen LogP contribution in [0.5, 0.6) is 5.75 Å². The van der Waals surface area contributed by atoms with Gasteiger partial charge in [0.05, 0.1) is 35.3 Å². The van der Waals surface area contributed by atoms with E-state index in [0.29, 0.717) is 23.2 Å². The first-order valence-electron chi connectivity index (χ1n) is 10.1. The van der Waals surface area contributed by atoms with Gasteiger partial charge in [0.2, 0.25) is 0 Å². The summed E-state index contributed by atoms with van der Waals surface area (Å²) in [6.07, 6.45) is 3.66. The number of hydrogen-bond donors (Lipinski definition) is 3. The minimum Gasteiger partial charge on any atom is -0.505 e. The van der Waals surface area contributed by atoms with E-state index in [4.69, 9.17) is 4.74 Å². The average Bonchev–Trinajstić information content (AvgIpc) is 3.37. The Morgan fingerprint density at radius 2 is 2.07 bits per heavy atom. The molecule has 9 heteroatoms. The molecule has 30 heavy (non-hydrogen) atoms. The topological polar surface area (TPSA) is 99.6 Å². The smallest absolute Gasteiger partial charge is 0.257 e. The molecule has 1 aromatic heterocycles. The summed E-state index contributed by atoms with van der Waals surface area (Å²) >= 11 is 1.07. The van der Waals surface area contributed by atoms with Gasteiger partial charge in [-0.1, -0.05) is 26.8 Å². The number of amides is 1. The molecule has 8 nitrogen and oxygen atoms in total. The second-order valence-electron chi connectivity index (χ2n) is 7.87. The molecule has 1 amide bonds. The van der Waals surface area contributed by atoms with Crippen molar-refractivity contribution in [2.75, 3.05) is 24.7 Å². The number of phenolic OH excluding ortho intramolecular Hbond substituents is 1. The number of para-hydroxylation sites is 1. The summed E-state index contributed by atoms with van der Waals surface area (Å²) in [7, 11) is 3.29. The highest BCUT2D eigenvalue weighted by Gasteiger charge is 2.29. The van der Waals surface area contributed by atoms with Gasteiger partial charge in [-0.2, -0.15) is 8.75 Å². The molecule has 0 saturated carbocycles. The fraction of sp³-hybridized carbons (Fsp3) is 0.476. The summed E-state index contributed by atoms with van der Waals surface area (Å²) < 4.78 is 14.6. The summed E-state index contributed by atoms with van der Waals surface area (Å²) in [5.74, 6) is 1.16. The van der Waals surface area contributed by atoms with Crippen LogP contribution >= 0.6 is 11.7 Å². The van der Waals surface area contributed by atoms with Gasteiger partial charge >= 0.3 is 0 Å². The van der Waals surface area contributed by atoms with Gasteiger partial charge in [0.1, 0.15) is 6.10 Å². The third-order valence-corrected chi connectivity index (χ3v) is 5.73. The Hall–Kier alpha value is -2.81. The Labute approximate surface area is 181 Å². The van der Waals surface area contributed by atoms with Gasteiger partial charge in [-0.25, -0.2) is 0 Å². The predicted molar refractivity (Wildman–Crippen MR) is 119 cm³/mol. The number of phenols is 1. The second kappa shape index (κ2) is 9.34. The number of hydrogen-bond acceptors (Lipinski definition) is 8. The van der Waals surface area contributed by atoms with Crippen molar-refractivity contribution in [2.45, 2.75) is 45.8 Å². The van der Waals surface area contributed by atoms with Crippen LogP contribution in [0.25, 0.3) is 0 Å². The molecule has 1 aromatic carbocycles. The van der Waals surface area contributed by atoms with Crippen molar-refractivity contribution in [3.8, 4) is 5.75 Å². The number of rotatable bonds is 8. The first-order chi connectivity index (χ1) is 14.3. The lowest BCUT2D eigenvalue weighted by molar-refractivity contribution is 0.0824. The van der Waals surface area contributed by atoms with Crippen LogP contribution in [0.15, 0.2) is 30.0 Å². The Bertz CT molecular complexity index is 925. The molecule has 1 aliphatic heterocycles. The van der Waals surface area contributed by atoms with Crippen LogP contribution in [0.2, 0.25) is 0 Å². The van der Waals surface area contributed by atoms with Gasteiger partial charge in [0, 0.05) is 20.5 Å². The zero-order chi connectivity index (χ0) is 21.8. The van der Waals surface area contributed by atoms with E-state index < -0.39 is 0 Å². The number of aromatic hydroxyl groups is 1. The van der Waals surface area contributed by atoms with Gasteiger partial charge in [0.25, 0.3) is 5.91 Å². The fourth-order valence-electron chi connectivity index (χ4n) is 3.30. The van der Waals surface area contributed by atoms with E-state index in [1.165, 1.54) is 10.5 Å². The van der Waals surface area contributed by atoms with Crippen LogP contribution < -0.4 is 10.6 Å². The van der Waals surface area contributed by atoms with Crippen molar-refractivity contribution < 1.29 is 14.6 Å². The molecule has 0 aliphatic carbocycles. The highest BCUT2D eigenvalue weighted by molar-refractivity contribution is 6.99. The maximum atomic E-state index is 12.3. The molecule has 162 valence electrons. The monoisotopic (exact) mass is 431 g/mol. The number of carbonyl (C=O) groups is 1. The average molecular weight is 432 g/mol. The predicted octanol–water partition coefficient (Wildman–Crippen LogP) is 4.21. The molecule has 1 aliphatic rings. The lowest BCUT2D eigenvalue weighted by Crippen LogP contribution is -2.33. The van der Waals surface area contributed by atoms with E-state index in [0.717, 1.165) is 24.6 Å². The van der Waals surface area contributed by atoms with Crippen LogP contribution in [0.3, 0.4) is 0 Å². The molecule has 0 fully saturated rings. The highest BCUT2D eigenvalue weighted by atomic mass is 32.1. The van der Waals surface area contributed by atoms with E-state index >= 15 is 0 Å². The Morgan fingerprint density at radius 1 is 1.33 bits per heavy atom. The molecule has 1 unspecified atom stereocenters. The summed E-state index contributed by atoms with van der Waals surface area (Å²) in [5, 5.41) is 17.1. The summed E-state index contributed by atoms with van der Waals surface area (Å²) in [6.45, 7) is 6.43. The number of carbonyl (C=O) groups excluding carboxylic acids is 1. The molecule has 0 radical (unpaired) electrons. The van der Waals surface area contributed by atoms with E-state index in [1.807, 2.05) is 6.26 Å². The van der Waals surface area contributed by atoms with Crippen molar-refractivity contribution >= 4 is 35.0 Å². The van der Waals surface area contributed by atoms with E-state index in [1.54, 1.807) is 32.3 Å². The first kappa shape index (κ1) is 21.9. The minimum absolute atomic E-state index is 0.0383. The number of nitrogens with zero attached hydrogens (tertiary/aromatic N) is 3. The van der Waals surface area contributed by atoms with Crippen LogP contribution in [0, 0.1) is 5.92 Å². The molecule has 2 heterocycles. The zero-order valence-corrected chi connectivity index (χ0v) is 18.8. The van der Waals surface area contributed by atoms with Gasteiger partial charge in [0.15, 0.2) is 17.4 Å². The molecule has 2 aromatic rings. The minimum atomic E-state index is -0.274. The second-order valence-corrected chi connectivity index (χ2v) is 8.40. The first-order valence-corrected chi connectivity index (χ1v) is 10.8. The largest absolute Gasteiger partial charge is 0.505 e. The maximum absolute atomic E-state index is 12.3. The zero-order valence-electron chi connectivity index (χ0n) is 18.0. The molecular weight excluding hydrogens is 402 g/mol. The van der Waals surface area contributed by atoms with Crippen LogP contribution in [0.4, 0.5) is 17.3 Å². The van der Waals surface area contributed by atoms with Crippen molar-refractivity contribution in [2.24, 2.45) is 5.92 Å². The van der Waals surface area contributed by atoms with E-state index in [9.17, 15) is 9.90 Å². The van der Waals surface area contributed by atoms with Crippen LogP contribution in [-0.2, 0) is 4.74 Å². The molecule has 0 spiro atoms. The number of nitrogens with one attached hydrogen (secondary N) is 2. The van der Waals surface area contributed by atoms with Crippen LogP contribution in [-0.4, -0.2) is 50.9 Å². The SMILES string of the molecule is CC[C@@H](Nc1nsnc1Nc1cccc(C(=O)N(C)C)c1O)C1CC(C(C)C)=CO1. The molecule has 2 atom stereocenters. The van der Waals surface area contributed by atoms with Crippen molar-refractivity contribution in [3.05, 3.63) is 35.6 Å². The normalized spacial score (nSPS) is 16.7. The summed E-state index contributed by atoms with van der Waals surface area (Å²) in [5.41, 5.74) is 1.93. The van der Waals surface area contributed by atoms with E-state index in [-0.39, 0.29) is 29.4 Å². The summed E-state index contributed by atoms with van der Waals surface area (Å²) in [4.78, 5) is 13.7. The molecular formula is C21H29N5O3S. The fourth-order valence-corrected chi connectivity index (χ4v) is 3.77.